The number of aromatic hydroxyl groups is 1. The van der Waals surface area contributed by atoms with Crippen LogP contribution in [0.15, 0.2) is 24.3 Å². The number of benzene rings is 1. The molecule has 0 spiro atoms. The van der Waals surface area contributed by atoms with Crippen LogP contribution in [0.4, 0.5) is 0 Å². The summed E-state index contributed by atoms with van der Waals surface area (Å²) in [5.74, 6) is -2.07. The van der Waals surface area contributed by atoms with Gasteiger partial charge in [-0.15, -0.1) is 0 Å². The van der Waals surface area contributed by atoms with Crippen molar-refractivity contribution >= 4 is 11.9 Å². The van der Waals surface area contributed by atoms with Gasteiger partial charge in [0.05, 0.1) is 19.1 Å². The molecule has 2 unspecified atom stereocenters. The van der Waals surface area contributed by atoms with Crippen LogP contribution < -0.4 is 0 Å². The highest BCUT2D eigenvalue weighted by Gasteiger charge is 2.22. The van der Waals surface area contributed by atoms with E-state index in [4.69, 9.17) is 10.2 Å². The second-order valence-electron chi connectivity index (χ2n) is 4.44. The van der Waals surface area contributed by atoms with Crippen LogP contribution in [-0.2, 0) is 9.59 Å². The molecule has 0 aliphatic carbocycles. The van der Waals surface area contributed by atoms with Crippen LogP contribution in [0, 0.1) is 0 Å². The highest BCUT2D eigenvalue weighted by molar-refractivity contribution is 5.83. The molecule has 2 atom stereocenters. The number of carboxylic acid groups (broad SMARTS) is 1. The molecule has 0 fully saturated rings. The molecule has 1 aromatic rings. The lowest BCUT2D eigenvalue weighted by atomic mass is 10.1. The number of carbonyl (C=O) groups excluding carboxylic acids is 1. The number of aliphatic hydroxyl groups excluding tert-OH is 2. The molecule has 0 radical (unpaired) electrons. The van der Waals surface area contributed by atoms with Crippen molar-refractivity contribution in [2.45, 2.75) is 18.6 Å². The van der Waals surface area contributed by atoms with E-state index >= 15 is 0 Å². The Morgan fingerprint density at radius 3 is 2.50 bits per heavy atom. The van der Waals surface area contributed by atoms with E-state index < -0.39 is 30.5 Å². The van der Waals surface area contributed by atoms with Crippen molar-refractivity contribution in [3.05, 3.63) is 29.8 Å². The first kappa shape index (κ1) is 15.9. The number of hydrogen-bond acceptors (Lipinski definition) is 5. The van der Waals surface area contributed by atoms with Gasteiger partial charge in [0, 0.05) is 7.05 Å². The average molecular weight is 283 g/mol. The van der Waals surface area contributed by atoms with Crippen LogP contribution in [0.3, 0.4) is 0 Å². The molecule has 0 aliphatic rings. The third kappa shape index (κ3) is 4.52. The molecule has 0 aliphatic heterocycles. The van der Waals surface area contributed by atoms with Gasteiger partial charge in [-0.3, -0.25) is 4.79 Å². The molecule has 0 saturated heterocycles. The Bertz CT molecular complexity index is 490. The molecule has 0 bridgehead atoms. The fourth-order valence-electron chi connectivity index (χ4n) is 1.61. The van der Waals surface area contributed by atoms with E-state index in [0.717, 1.165) is 4.90 Å². The van der Waals surface area contributed by atoms with Crippen molar-refractivity contribution in [1.29, 1.82) is 0 Å². The summed E-state index contributed by atoms with van der Waals surface area (Å²) >= 11 is 0. The monoisotopic (exact) mass is 283 g/mol. The molecule has 110 valence electrons. The fourth-order valence-corrected chi connectivity index (χ4v) is 1.61. The van der Waals surface area contributed by atoms with Crippen molar-refractivity contribution in [3.63, 3.8) is 0 Å². The molecule has 1 rings (SSSR count). The SMILES string of the molecule is CN(CC(O)c1cccc(O)c1)C(=O)CC(O)C(=O)O. The van der Waals surface area contributed by atoms with Crippen LogP contribution in [0.25, 0.3) is 0 Å². The van der Waals surface area contributed by atoms with E-state index in [1.807, 2.05) is 0 Å². The van der Waals surface area contributed by atoms with Gasteiger partial charge in [-0.25, -0.2) is 4.79 Å². The van der Waals surface area contributed by atoms with Crippen molar-refractivity contribution in [1.82, 2.24) is 4.90 Å². The van der Waals surface area contributed by atoms with E-state index in [1.54, 1.807) is 12.1 Å². The highest BCUT2D eigenvalue weighted by Crippen LogP contribution is 2.19. The first-order chi connectivity index (χ1) is 9.31. The molecular weight excluding hydrogens is 266 g/mol. The van der Waals surface area contributed by atoms with Gasteiger partial charge in [0.2, 0.25) is 5.91 Å². The summed E-state index contributed by atoms with van der Waals surface area (Å²) in [7, 11) is 1.39. The largest absolute Gasteiger partial charge is 0.508 e. The third-order valence-corrected chi connectivity index (χ3v) is 2.78. The molecule has 0 saturated carbocycles. The van der Waals surface area contributed by atoms with Gasteiger partial charge in [0.15, 0.2) is 6.10 Å². The number of rotatable bonds is 6. The van der Waals surface area contributed by atoms with Gasteiger partial charge in [-0.2, -0.15) is 0 Å². The number of carboxylic acids is 1. The summed E-state index contributed by atoms with van der Waals surface area (Å²) in [5, 5.41) is 36.8. The van der Waals surface area contributed by atoms with Crippen molar-refractivity contribution in [2.24, 2.45) is 0 Å². The van der Waals surface area contributed by atoms with Crippen LogP contribution in [0.2, 0.25) is 0 Å². The molecule has 7 nitrogen and oxygen atoms in total. The maximum absolute atomic E-state index is 11.6. The lowest BCUT2D eigenvalue weighted by Gasteiger charge is -2.21. The van der Waals surface area contributed by atoms with Gasteiger partial charge < -0.3 is 25.3 Å². The molecule has 20 heavy (non-hydrogen) atoms. The van der Waals surface area contributed by atoms with E-state index in [1.165, 1.54) is 19.2 Å². The lowest BCUT2D eigenvalue weighted by Crippen LogP contribution is -2.35. The van der Waals surface area contributed by atoms with Crippen molar-refractivity contribution in [3.8, 4) is 5.75 Å². The summed E-state index contributed by atoms with van der Waals surface area (Å²) in [6.07, 6.45) is -3.33. The fraction of sp³-hybridized carbons (Fsp3) is 0.385. The topological polar surface area (TPSA) is 118 Å². The zero-order chi connectivity index (χ0) is 15.3. The van der Waals surface area contributed by atoms with E-state index in [2.05, 4.69) is 0 Å². The normalized spacial score (nSPS) is 13.6. The van der Waals surface area contributed by atoms with Crippen LogP contribution in [0.5, 0.6) is 5.75 Å². The number of hydrogen-bond donors (Lipinski definition) is 4. The van der Waals surface area contributed by atoms with Crippen LogP contribution >= 0.6 is 0 Å². The molecule has 7 heteroatoms. The quantitative estimate of drug-likeness (QED) is 0.570. The molecular formula is C13H17NO6. The maximum Gasteiger partial charge on any atom is 0.333 e. The standard InChI is InChI=1S/C13H17NO6/c1-14(12(18)6-10(16)13(19)20)7-11(17)8-3-2-4-9(15)5-8/h2-5,10-11,15-17H,6-7H2,1H3,(H,19,20). The van der Waals surface area contributed by atoms with Gasteiger partial charge in [0.1, 0.15) is 5.75 Å². The molecule has 0 heterocycles. The van der Waals surface area contributed by atoms with Crippen molar-refractivity contribution in [2.75, 3.05) is 13.6 Å². The number of amides is 1. The minimum absolute atomic E-state index is 0.00294. The molecule has 4 N–H and O–H groups in total. The number of aliphatic carboxylic acids is 1. The van der Waals surface area contributed by atoms with E-state index in [9.17, 15) is 19.8 Å². The Labute approximate surface area is 115 Å². The van der Waals surface area contributed by atoms with E-state index in [0.29, 0.717) is 5.56 Å². The second kappa shape index (κ2) is 6.88. The first-order valence-corrected chi connectivity index (χ1v) is 5.93. The van der Waals surface area contributed by atoms with Gasteiger partial charge in [-0.05, 0) is 17.7 Å². The zero-order valence-corrected chi connectivity index (χ0v) is 10.9. The number of phenolic OH excluding ortho intramolecular Hbond substituents is 1. The Morgan fingerprint density at radius 2 is 1.95 bits per heavy atom. The first-order valence-electron chi connectivity index (χ1n) is 5.93. The summed E-state index contributed by atoms with van der Waals surface area (Å²) in [6.45, 7) is -0.0748. The van der Waals surface area contributed by atoms with Gasteiger partial charge in [0.25, 0.3) is 0 Å². The summed E-state index contributed by atoms with van der Waals surface area (Å²) in [6, 6.07) is 5.97. The summed E-state index contributed by atoms with van der Waals surface area (Å²) < 4.78 is 0. The lowest BCUT2D eigenvalue weighted by molar-refractivity contribution is -0.151. The zero-order valence-electron chi connectivity index (χ0n) is 10.9. The number of carbonyl (C=O) groups is 2. The Morgan fingerprint density at radius 1 is 1.30 bits per heavy atom. The number of phenols is 1. The van der Waals surface area contributed by atoms with Crippen molar-refractivity contribution < 1.29 is 30.0 Å². The van der Waals surface area contributed by atoms with Gasteiger partial charge >= 0.3 is 5.97 Å². The number of aliphatic hydroxyl groups is 2. The minimum atomic E-state index is -1.76. The smallest absolute Gasteiger partial charge is 0.333 e. The molecule has 1 aromatic carbocycles. The minimum Gasteiger partial charge on any atom is -0.508 e. The summed E-state index contributed by atoms with van der Waals surface area (Å²) in [4.78, 5) is 23.2. The Kier molecular flexibility index (Phi) is 5.48. The van der Waals surface area contributed by atoms with Gasteiger partial charge in [-0.1, -0.05) is 12.1 Å². The predicted molar refractivity (Wildman–Crippen MR) is 69.0 cm³/mol. The van der Waals surface area contributed by atoms with E-state index in [-0.39, 0.29) is 12.3 Å². The third-order valence-electron chi connectivity index (χ3n) is 2.78. The summed E-state index contributed by atoms with van der Waals surface area (Å²) in [5.41, 5.74) is 0.434. The second-order valence-corrected chi connectivity index (χ2v) is 4.44. The Hall–Kier alpha value is -2.12. The molecule has 0 aromatic heterocycles. The van der Waals surface area contributed by atoms with Crippen LogP contribution in [-0.4, -0.2) is 56.9 Å². The Balaban J connectivity index is 2.59. The maximum atomic E-state index is 11.6. The molecule has 1 amide bonds. The predicted octanol–water partition coefficient (Wildman–Crippen LogP) is -0.280. The number of likely N-dealkylation sites (N-methyl/N-ethyl adjacent to an activating group) is 1. The highest BCUT2D eigenvalue weighted by atomic mass is 16.4. The van der Waals surface area contributed by atoms with Crippen LogP contribution in [0.1, 0.15) is 18.1 Å². The average Bonchev–Trinajstić information content (AvgIpc) is 2.38. The number of nitrogens with zero attached hydrogens (tertiary/aromatic N) is 1.